The number of nitrogens with zero attached hydrogens (tertiary/aromatic N) is 5. The monoisotopic (exact) mass is 333 g/mol. The second-order valence-corrected chi connectivity index (χ2v) is 6.62. The molecule has 0 aliphatic rings. The number of rotatable bonds is 4. The van der Waals surface area contributed by atoms with Gasteiger partial charge in [-0.25, -0.2) is 4.68 Å². The number of hydrogen-bond acceptors (Lipinski definition) is 5. The van der Waals surface area contributed by atoms with Crippen LogP contribution in [0.4, 0.5) is 0 Å². The van der Waals surface area contributed by atoms with E-state index in [1.54, 1.807) is 16.4 Å². The van der Waals surface area contributed by atoms with Crippen molar-refractivity contribution < 1.29 is 0 Å². The summed E-state index contributed by atoms with van der Waals surface area (Å²) in [5.41, 5.74) is 2.89. The van der Waals surface area contributed by atoms with Gasteiger partial charge in [-0.2, -0.15) is 0 Å². The molecule has 0 unspecified atom stereocenters. The molecule has 5 nitrogen and oxygen atoms in total. The van der Waals surface area contributed by atoms with Crippen LogP contribution in [-0.4, -0.2) is 25.2 Å². The van der Waals surface area contributed by atoms with Gasteiger partial charge in [0.25, 0.3) is 0 Å². The first-order chi connectivity index (χ1) is 10.6. The van der Waals surface area contributed by atoms with E-state index >= 15 is 0 Å². The largest absolute Gasteiger partial charge is 0.250 e. The zero-order chi connectivity index (χ0) is 15.7. The first-order valence-corrected chi connectivity index (χ1v) is 8.38. The molecule has 0 aliphatic carbocycles. The Morgan fingerprint density at radius 3 is 2.82 bits per heavy atom. The number of para-hydroxylation sites is 1. The number of pyridine rings is 1. The zero-order valence-corrected chi connectivity index (χ0v) is 14.2. The summed E-state index contributed by atoms with van der Waals surface area (Å²) in [5.74, 6) is 0.637. The minimum atomic E-state index is 0.222. The van der Waals surface area contributed by atoms with E-state index in [0.717, 1.165) is 32.3 Å². The highest BCUT2D eigenvalue weighted by molar-refractivity contribution is 7.98. The van der Waals surface area contributed by atoms with Gasteiger partial charge in [0.15, 0.2) is 0 Å². The van der Waals surface area contributed by atoms with E-state index < -0.39 is 0 Å². The maximum Gasteiger partial charge on any atom is 0.209 e. The molecule has 3 aromatic rings. The Labute approximate surface area is 138 Å². The summed E-state index contributed by atoms with van der Waals surface area (Å²) < 4.78 is 1.80. The minimum absolute atomic E-state index is 0.222. The highest BCUT2D eigenvalue weighted by Gasteiger charge is 2.14. The fourth-order valence-electron chi connectivity index (χ4n) is 2.25. The van der Waals surface area contributed by atoms with Gasteiger partial charge in [-0.3, -0.25) is 4.98 Å². The molecule has 2 heterocycles. The first kappa shape index (κ1) is 15.2. The van der Waals surface area contributed by atoms with Crippen molar-refractivity contribution in [1.82, 2.24) is 25.2 Å². The van der Waals surface area contributed by atoms with Crippen LogP contribution in [-0.2, 0) is 5.75 Å². The lowest BCUT2D eigenvalue weighted by atomic mass is 10.1. The number of halogens is 1. The molecule has 0 atom stereocenters. The van der Waals surface area contributed by atoms with Crippen molar-refractivity contribution in [1.29, 1.82) is 0 Å². The van der Waals surface area contributed by atoms with Crippen LogP contribution >= 0.6 is 23.4 Å². The van der Waals surface area contributed by atoms with Crippen molar-refractivity contribution in [2.45, 2.75) is 37.7 Å². The van der Waals surface area contributed by atoms with Crippen molar-refractivity contribution >= 4 is 34.3 Å². The van der Waals surface area contributed by atoms with Crippen molar-refractivity contribution in [2.75, 3.05) is 0 Å². The van der Waals surface area contributed by atoms with E-state index in [0.29, 0.717) is 5.75 Å². The molecule has 7 heteroatoms. The van der Waals surface area contributed by atoms with E-state index in [4.69, 9.17) is 11.6 Å². The third-order valence-electron chi connectivity index (χ3n) is 3.44. The average Bonchev–Trinajstić information content (AvgIpc) is 2.98. The van der Waals surface area contributed by atoms with Crippen LogP contribution in [0.3, 0.4) is 0 Å². The SMILES string of the molecule is Cc1c(Cl)c(CSc2nnnn2C(C)C)nc2ccccc12. The number of aromatic nitrogens is 5. The molecule has 0 amide bonds. The van der Waals surface area contributed by atoms with Crippen LogP contribution < -0.4 is 0 Å². The average molecular weight is 334 g/mol. The van der Waals surface area contributed by atoms with Crippen LogP contribution in [0.15, 0.2) is 29.4 Å². The molecule has 0 bridgehead atoms. The van der Waals surface area contributed by atoms with Gasteiger partial charge in [-0.05, 0) is 42.8 Å². The third kappa shape index (κ3) is 2.80. The number of aryl methyl sites for hydroxylation is 1. The Kier molecular flexibility index (Phi) is 4.31. The standard InChI is InChI=1S/C15H16ClN5S/c1-9(2)21-15(18-19-20-21)22-8-13-14(16)10(3)11-6-4-5-7-12(11)17-13/h4-7,9H,8H2,1-3H3. The minimum Gasteiger partial charge on any atom is -0.250 e. The molecule has 0 fully saturated rings. The Bertz CT molecular complexity index is 815. The fourth-order valence-corrected chi connectivity index (χ4v) is 3.49. The van der Waals surface area contributed by atoms with E-state index in [9.17, 15) is 0 Å². The molecule has 2 aromatic heterocycles. The molecule has 0 N–H and O–H groups in total. The third-order valence-corrected chi connectivity index (χ3v) is 4.88. The first-order valence-electron chi connectivity index (χ1n) is 7.02. The molecular weight excluding hydrogens is 318 g/mol. The highest BCUT2D eigenvalue weighted by Crippen LogP contribution is 2.31. The molecule has 0 saturated carbocycles. The van der Waals surface area contributed by atoms with Crippen LogP contribution in [0, 0.1) is 6.92 Å². The van der Waals surface area contributed by atoms with Crippen LogP contribution in [0.1, 0.15) is 31.1 Å². The van der Waals surface area contributed by atoms with E-state index in [2.05, 4.69) is 20.5 Å². The number of hydrogen-bond donors (Lipinski definition) is 0. The van der Waals surface area contributed by atoms with E-state index in [1.165, 1.54) is 0 Å². The van der Waals surface area contributed by atoms with Crippen LogP contribution in [0.5, 0.6) is 0 Å². The molecule has 0 aliphatic heterocycles. The number of fused-ring (bicyclic) bond motifs is 1. The maximum absolute atomic E-state index is 6.48. The van der Waals surface area contributed by atoms with Gasteiger partial charge in [-0.15, -0.1) is 5.10 Å². The second-order valence-electron chi connectivity index (χ2n) is 5.30. The quantitative estimate of drug-likeness (QED) is 0.674. The predicted octanol–water partition coefficient (Wildman–Crippen LogP) is 4.06. The highest BCUT2D eigenvalue weighted by atomic mass is 35.5. The predicted molar refractivity (Wildman–Crippen MR) is 89.3 cm³/mol. The van der Waals surface area contributed by atoms with Gasteiger partial charge in [-0.1, -0.05) is 41.6 Å². The normalized spacial score (nSPS) is 11.5. The van der Waals surface area contributed by atoms with E-state index in [1.807, 2.05) is 45.0 Å². The maximum atomic E-state index is 6.48. The topological polar surface area (TPSA) is 56.5 Å². The Morgan fingerprint density at radius 1 is 1.27 bits per heavy atom. The summed E-state index contributed by atoms with van der Waals surface area (Å²) in [5, 5.41) is 14.4. The molecule has 3 rings (SSSR count). The summed E-state index contributed by atoms with van der Waals surface area (Å²) in [7, 11) is 0. The van der Waals surface area contributed by atoms with Crippen molar-refractivity contribution in [3.8, 4) is 0 Å². The smallest absolute Gasteiger partial charge is 0.209 e. The Hall–Kier alpha value is -1.66. The van der Waals surface area contributed by atoms with Gasteiger partial charge in [0.2, 0.25) is 5.16 Å². The summed E-state index contributed by atoms with van der Waals surface area (Å²) in [6, 6.07) is 8.25. The van der Waals surface area contributed by atoms with Crippen LogP contribution in [0.25, 0.3) is 10.9 Å². The van der Waals surface area contributed by atoms with Gasteiger partial charge in [0.05, 0.1) is 22.3 Å². The summed E-state index contributed by atoms with van der Waals surface area (Å²) >= 11 is 8.03. The second kappa shape index (κ2) is 6.22. The lowest BCUT2D eigenvalue weighted by Crippen LogP contribution is -2.05. The van der Waals surface area contributed by atoms with Gasteiger partial charge in [0, 0.05) is 11.1 Å². The molecule has 1 aromatic carbocycles. The van der Waals surface area contributed by atoms with Gasteiger partial charge in [0.1, 0.15) is 0 Å². The molecule has 22 heavy (non-hydrogen) atoms. The van der Waals surface area contributed by atoms with Gasteiger partial charge >= 0.3 is 0 Å². The number of benzene rings is 1. The van der Waals surface area contributed by atoms with Gasteiger partial charge < -0.3 is 0 Å². The number of tetrazole rings is 1. The fraction of sp³-hybridized carbons (Fsp3) is 0.333. The van der Waals surface area contributed by atoms with Crippen molar-refractivity contribution in [3.05, 3.63) is 40.5 Å². The Balaban J connectivity index is 1.91. The Morgan fingerprint density at radius 2 is 2.05 bits per heavy atom. The molecule has 0 spiro atoms. The zero-order valence-electron chi connectivity index (χ0n) is 12.6. The molecule has 0 saturated heterocycles. The van der Waals surface area contributed by atoms with E-state index in [-0.39, 0.29) is 6.04 Å². The summed E-state index contributed by atoms with van der Waals surface area (Å²) in [6.45, 7) is 6.12. The lowest BCUT2D eigenvalue weighted by molar-refractivity contribution is 0.477. The summed E-state index contributed by atoms with van der Waals surface area (Å²) in [4.78, 5) is 4.68. The summed E-state index contributed by atoms with van der Waals surface area (Å²) in [6.07, 6.45) is 0. The molecule has 0 radical (unpaired) electrons. The van der Waals surface area contributed by atoms with Crippen LogP contribution in [0.2, 0.25) is 5.02 Å². The number of thioether (sulfide) groups is 1. The van der Waals surface area contributed by atoms with Crippen molar-refractivity contribution in [3.63, 3.8) is 0 Å². The van der Waals surface area contributed by atoms with Crippen molar-refractivity contribution in [2.24, 2.45) is 0 Å². The lowest BCUT2D eigenvalue weighted by Gasteiger charge is -2.10. The molecule has 114 valence electrons. The molecular formula is C15H16ClN5S.